The zero-order chi connectivity index (χ0) is 12.1. The molecule has 1 aliphatic heterocycles. The molecule has 2 rings (SSSR count). The molecular formula is C14H20N2O. The summed E-state index contributed by atoms with van der Waals surface area (Å²) in [5.41, 5.74) is 4.60. The second-order valence-corrected chi connectivity index (χ2v) is 4.50. The molecule has 1 aromatic rings. The van der Waals surface area contributed by atoms with Crippen LogP contribution in [0.25, 0.3) is 0 Å². The third kappa shape index (κ3) is 3.07. The Morgan fingerprint density at radius 1 is 1.29 bits per heavy atom. The fraction of sp³-hybridized carbons (Fsp3) is 0.500. The van der Waals surface area contributed by atoms with Crippen LogP contribution in [0.3, 0.4) is 0 Å². The summed E-state index contributed by atoms with van der Waals surface area (Å²) in [6.07, 6.45) is 3.79. The molecule has 92 valence electrons. The Bertz CT molecular complexity index is 364. The number of nitrogens with zero attached hydrogens (tertiary/aromatic N) is 1. The first kappa shape index (κ1) is 12.1. The number of carbonyl (C=O) groups excluding carboxylic acids is 1. The molecule has 1 atom stereocenters. The van der Waals surface area contributed by atoms with Crippen LogP contribution in [0.1, 0.15) is 44.2 Å². The van der Waals surface area contributed by atoms with E-state index in [0.717, 1.165) is 25.8 Å². The van der Waals surface area contributed by atoms with Crippen LogP contribution in [0.4, 0.5) is 0 Å². The smallest absolute Gasteiger partial charge is 0.236 e. The van der Waals surface area contributed by atoms with Gasteiger partial charge in [-0.3, -0.25) is 9.80 Å². The van der Waals surface area contributed by atoms with Crippen molar-refractivity contribution in [2.45, 2.75) is 38.6 Å². The molecule has 0 aromatic heterocycles. The van der Waals surface area contributed by atoms with Crippen molar-refractivity contribution in [2.24, 2.45) is 0 Å². The van der Waals surface area contributed by atoms with Gasteiger partial charge in [0.1, 0.15) is 0 Å². The molecule has 1 heterocycles. The van der Waals surface area contributed by atoms with E-state index in [4.69, 9.17) is 0 Å². The zero-order valence-corrected chi connectivity index (χ0v) is 10.4. The normalized spacial score (nSPS) is 18.2. The molecule has 0 saturated carbocycles. The Kier molecular flexibility index (Phi) is 4.15. The van der Waals surface area contributed by atoms with Crippen molar-refractivity contribution >= 4 is 5.91 Å². The lowest BCUT2D eigenvalue weighted by atomic mass is 10.1. The predicted molar refractivity (Wildman–Crippen MR) is 68.2 cm³/mol. The highest BCUT2D eigenvalue weighted by Crippen LogP contribution is 2.18. The van der Waals surface area contributed by atoms with Gasteiger partial charge in [0.2, 0.25) is 5.91 Å². The molecule has 3 nitrogen and oxygen atoms in total. The van der Waals surface area contributed by atoms with E-state index >= 15 is 0 Å². The van der Waals surface area contributed by atoms with E-state index in [2.05, 4.69) is 24.5 Å². The standard InChI is InChI=1S/C14H20N2O/c1-2-13(12-8-4-3-5-9-12)15-16-11-7-6-10-14(16)17/h3-5,8-9,13,15H,2,6-7,10-11H2,1H3/t13-/m1/s1. The third-order valence-corrected chi connectivity index (χ3v) is 3.25. The highest BCUT2D eigenvalue weighted by atomic mass is 16.2. The van der Waals surface area contributed by atoms with Crippen LogP contribution in [0.15, 0.2) is 30.3 Å². The van der Waals surface area contributed by atoms with Crippen LogP contribution in [0, 0.1) is 0 Å². The Morgan fingerprint density at radius 3 is 2.71 bits per heavy atom. The van der Waals surface area contributed by atoms with Gasteiger partial charge in [-0.2, -0.15) is 0 Å². The number of hydrogen-bond donors (Lipinski definition) is 1. The fourth-order valence-corrected chi connectivity index (χ4v) is 2.22. The Labute approximate surface area is 103 Å². The molecule has 1 saturated heterocycles. The molecule has 0 bridgehead atoms. The van der Waals surface area contributed by atoms with E-state index in [1.807, 2.05) is 18.2 Å². The maximum absolute atomic E-state index is 11.7. The molecular weight excluding hydrogens is 212 g/mol. The molecule has 1 aromatic carbocycles. The minimum Gasteiger partial charge on any atom is -0.277 e. The first-order chi connectivity index (χ1) is 8.31. The third-order valence-electron chi connectivity index (χ3n) is 3.25. The summed E-state index contributed by atoms with van der Waals surface area (Å²) in [6.45, 7) is 2.97. The molecule has 0 radical (unpaired) electrons. The molecule has 0 spiro atoms. The van der Waals surface area contributed by atoms with Crippen LogP contribution in [0.2, 0.25) is 0 Å². The molecule has 17 heavy (non-hydrogen) atoms. The minimum atomic E-state index is 0.227. The van der Waals surface area contributed by atoms with Crippen LogP contribution in [-0.4, -0.2) is 17.5 Å². The summed E-state index contributed by atoms with van der Waals surface area (Å²) in [5.74, 6) is 0.227. The summed E-state index contributed by atoms with van der Waals surface area (Å²) in [7, 11) is 0. The van der Waals surface area contributed by atoms with Gasteiger partial charge >= 0.3 is 0 Å². The molecule has 0 aliphatic carbocycles. The van der Waals surface area contributed by atoms with E-state index in [0.29, 0.717) is 6.42 Å². The number of amides is 1. The summed E-state index contributed by atoms with van der Waals surface area (Å²) < 4.78 is 0. The van der Waals surface area contributed by atoms with Crippen LogP contribution in [0.5, 0.6) is 0 Å². The second kappa shape index (κ2) is 5.82. The first-order valence-corrected chi connectivity index (χ1v) is 6.42. The van der Waals surface area contributed by atoms with E-state index < -0.39 is 0 Å². The van der Waals surface area contributed by atoms with Crippen molar-refractivity contribution in [1.82, 2.24) is 10.4 Å². The quantitative estimate of drug-likeness (QED) is 0.865. The summed E-state index contributed by atoms with van der Waals surface area (Å²) in [6, 6.07) is 10.5. The van der Waals surface area contributed by atoms with Gasteiger partial charge in [0, 0.05) is 13.0 Å². The van der Waals surface area contributed by atoms with Crippen molar-refractivity contribution in [3.8, 4) is 0 Å². The van der Waals surface area contributed by atoms with Gasteiger partial charge in [-0.25, -0.2) is 5.43 Å². The molecule has 1 fully saturated rings. The summed E-state index contributed by atoms with van der Waals surface area (Å²) in [4.78, 5) is 11.7. The number of carbonyl (C=O) groups is 1. The molecule has 3 heteroatoms. The van der Waals surface area contributed by atoms with Crippen LogP contribution in [-0.2, 0) is 4.79 Å². The van der Waals surface area contributed by atoms with Gasteiger partial charge in [-0.15, -0.1) is 0 Å². The van der Waals surface area contributed by atoms with Crippen LogP contribution >= 0.6 is 0 Å². The SMILES string of the molecule is CC[C@@H](NN1CCCCC1=O)c1ccccc1. The average Bonchev–Trinajstić information content (AvgIpc) is 2.39. The minimum absolute atomic E-state index is 0.227. The Hall–Kier alpha value is -1.35. The summed E-state index contributed by atoms with van der Waals surface area (Å²) in [5, 5.41) is 1.80. The lowest BCUT2D eigenvalue weighted by Gasteiger charge is -2.31. The van der Waals surface area contributed by atoms with E-state index in [1.165, 1.54) is 5.56 Å². The number of hydrogen-bond acceptors (Lipinski definition) is 2. The Balaban J connectivity index is 2.02. The van der Waals surface area contributed by atoms with Crippen molar-refractivity contribution in [2.75, 3.05) is 6.54 Å². The molecule has 1 N–H and O–H groups in total. The monoisotopic (exact) mass is 232 g/mol. The van der Waals surface area contributed by atoms with E-state index in [-0.39, 0.29) is 11.9 Å². The largest absolute Gasteiger partial charge is 0.277 e. The van der Waals surface area contributed by atoms with Gasteiger partial charge in [0.25, 0.3) is 0 Å². The zero-order valence-electron chi connectivity index (χ0n) is 10.4. The molecule has 1 aliphatic rings. The Morgan fingerprint density at radius 2 is 2.06 bits per heavy atom. The number of piperidine rings is 1. The van der Waals surface area contributed by atoms with Crippen LogP contribution < -0.4 is 5.43 Å². The predicted octanol–water partition coefficient (Wildman–Crippen LogP) is 2.65. The van der Waals surface area contributed by atoms with Gasteiger partial charge < -0.3 is 0 Å². The highest BCUT2D eigenvalue weighted by Gasteiger charge is 2.20. The van der Waals surface area contributed by atoms with Crippen molar-refractivity contribution in [3.63, 3.8) is 0 Å². The fourth-order valence-electron chi connectivity index (χ4n) is 2.22. The maximum Gasteiger partial charge on any atom is 0.236 e. The van der Waals surface area contributed by atoms with Crippen molar-refractivity contribution in [3.05, 3.63) is 35.9 Å². The van der Waals surface area contributed by atoms with Gasteiger partial charge in [0.05, 0.1) is 6.04 Å². The van der Waals surface area contributed by atoms with Gasteiger partial charge in [0.15, 0.2) is 0 Å². The van der Waals surface area contributed by atoms with Crippen molar-refractivity contribution < 1.29 is 4.79 Å². The number of nitrogens with one attached hydrogen (secondary N) is 1. The van der Waals surface area contributed by atoms with Crippen molar-refractivity contribution in [1.29, 1.82) is 0 Å². The number of benzene rings is 1. The number of rotatable bonds is 4. The highest BCUT2D eigenvalue weighted by molar-refractivity contribution is 5.76. The first-order valence-electron chi connectivity index (χ1n) is 6.42. The number of hydrazine groups is 1. The average molecular weight is 232 g/mol. The van der Waals surface area contributed by atoms with Gasteiger partial charge in [-0.1, -0.05) is 37.3 Å². The van der Waals surface area contributed by atoms with Gasteiger partial charge in [-0.05, 0) is 24.8 Å². The second-order valence-electron chi connectivity index (χ2n) is 4.50. The van der Waals surface area contributed by atoms with E-state index in [1.54, 1.807) is 5.01 Å². The maximum atomic E-state index is 11.7. The topological polar surface area (TPSA) is 32.3 Å². The molecule has 0 unspecified atom stereocenters. The lowest BCUT2D eigenvalue weighted by Crippen LogP contribution is -2.47. The molecule has 1 amide bonds. The lowest BCUT2D eigenvalue weighted by molar-refractivity contribution is -0.137. The van der Waals surface area contributed by atoms with E-state index in [9.17, 15) is 4.79 Å². The summed E-state index contributed by atoms with van der Waals surface area (Å²) >= 11 is 0.